The number of nitrogens with zero attached hydrogens (tertiary/aromatic N) is 1. The summed E-state index contributed by atoms with van der Waals surface area (Å²) in [6.45, 7) is 0. The van der Waals surface area contributed by atoms with Gasteiger partial charge in [0.05, 0.1) is 12.0 Å². The molecule has 3 aromatic rings. The Labute approximate surface area is 159 Å². The molecule has 0 unspecified atom stereocenters. The second-order valence-corrected chi connectivity index (χ2v) is 7.50. The molecule has 4 nitrogen and oxygen atoms in total. The molecule has 26 heavy (non-hydrogen) atoms. The largest absolute Gasteiger partial charge is 0.426 e. The SMILES string of the molecule is O=C1Oc2ccccc2[C@H]2Nc3ncc(Br)cc3[C@@H](c3ccccc3)[C@H]12. The van der Waals surface area contributed by atoms with Crippen LogP contribution < -0.4 is 10.1 Å². The van der Waals surface area contributed by atoms with Crippen LogP contribution in [0.2, 0.25) is 0 Å². The van der Waals surface area contributed by atoms with E-state index in [2.05, 4.69) is 38.4 Å². The highest BCUT2D eigenvalue weighted by Gasteiger charge is 2.47. The molecular formula is C21H15BrN2O2. The summed E-state index contributed by atoms with van der Waals surface area (Å²) < 4.78 is 6.58. The zero-order valence-electron chi connectivity index (χ0n) is 13.7. The third-order valence-corrected chi connectivity index (χ3v) is 5.56. The molecule has 0 saturated heterocycles. The summed E-state index contributed by atoms with van der Waals surface area (Å²) in [5, 5.41) is 3.48. The minimum Gasteiger partial charge on any atom is -0.426 e. The zero-order valence-corrected chi connectivity index (χ0v) is 15.3. The number of hydrogen-bond donors (Lipinski definition) is 1. The summed E-state index contributed by atoms with van der Waals surface area (Å²) in [6, 6.07) is 19.7. The molecule has 128 valence electrons. The van der Waals surface area contributed by atoms with E-state index in [0.717, 1.165) is 27.0 Å². The smallest absolute Gasteiger partial charge is 0.317 e. The van der Waals surface area contributed by atoms with E-state index in [0.29, 0.717) is 5.75 Å². The molecule has 0 saturated carbocycles. The molecule has 0 bridgehead atoms. The monoisotopic (exact) mass is 406 g/mol. The molecule has 0 spiro atoms. The average molecular weight is 407 g/mol. The van der Waals surface area contributed by atoms with Crippen molar-refractivity contribution in [2.24, 2.45) is 5.92 Å². The number of fused-ring (bicyclic) bond motifs is 4. The Morgan fingerprint density at radius 3 is 2.62 bits per heavy atom. The van der Waals surface area contributed by atoms with Crippen molar-refractivity contribution >= 4 is 27.7 Å². The first kappa shape index (κ1) is 15.6. The van der Waals surface area contributed by atoms with E-state index in [4.69, 9.17) is 4.74 Å². The molecule has 2 aliphatic rings. The number of anilines is 1. The van der Waals surface area contributed by atoms with Gasteiger partial charge in [-0.3, -0.25) is 4.79 Å². The second-order valence-electron chi connectivity index (χ2n) is 6.59. The van der Waals surface area contributed by atoms with Gasteiger partial charge in [0.2, 0.25) is 0 Å². The van der Waals surface area contributed by atoms with Crippen LogP contribution in [0.5, 0.6) is 5.75 Å². The van der Waals surface area contributed by atoms with Gasteiger partial charge in [0.1, 0.15) is 11.6 Å². The van der Waals surface area contributed by atoms with Crippen molar-refractivity contribution in [3.05, 3.63) is 88.0 Å². The van der Waals surface area contributed by atoms with Gasteiger partial charge in [-0.1, -0.05) is 48.5 Å². The van der Waals surface area contributed by atoms with E-state index < -0.39 is 0 Å². The molecule has 3 atom stereocenters. The van der Waals surface area contributed by atoms with Crippen LogP contribution >= 0.6 is 15.9 Å². The van der Waals surface area contributed by atoms with Gasteiger partial charge in [-0.2, -0.15) is 0 Å². The van der Waals surface area contributed by atoms with Crippen molar-refractivity contribution in [1.82, 2.24) is 4.98 Å². The van der Waals surface area contributed by atoms with Crippen LogP contribution in [0.3, 0.4) is 0 Å². The Kier molecular flexibility index (Phi) is 3.57. The van der Waals surface area contributed by atoms with Gasteiger partial charge in [0.15, 0.2) is 0 Å². The van der Waals surface area contributed by atoms with Crippen molar-refractivity contribution in [1.29, 1.82) is 0 Å². The molecular weight excluding hydrogens is 392 g/mol. The minimum absolute atomic E-state index is 0.122. The van der Waals surface area contributed by atoms with Crippen molar-refractivity contribution in [2.75, 3.05) is 5.32 Å². The first-order valence-electron chi connectivity index (χ1n) is 8.50. The summed E-state index contributed by atoms with van der Waals surface area (Å²) in [6.07, 6.45) is 1.78. The standard InChI is InChI=1S/C21H15BrN2O2/c22-13-10-15-17(12-6-2-1-3-7-12)18-19(24-20(15)23-11-13)14-8-4-5-9-16(14)26-21(18)25/h1-11,17-19H,(H,23,24)/t17-,18+,19-/m1/s1. The quantitative estimate of drug-likeness (QED) is 0.470. The number of hydrogen-bond acceptors (Lipinski definition) is 4. The van der Waals surface area contributed by atoms with E-state index in [1.54, 1.807) is 6.20 Å². The molecule has 1 aromatic heterocycles. The Bertz CT molecular complexity index is 1010. The van der Waals surface area contributed by atoms with Gasteiger partial charge in [-0.15, -0.1) is 0 Å². The normalized spacial score (nSPS) is 23.1. The summed E-state index contributed by atoms with van der Waals surface area (Å²) in [7, 11) is 0. The number of carbonyl (C=O) groups excluding carboxylic acids is 1. The van der Waals surface area contributed by atoms with E-state index in [-0.39, 0.29) is 23.8 Å². The first-order valence-corrected chi connectivity index (χ1v) is 9.29. The highest BCUT2D eigenvalue weighted by molar-refractivity contribution is 9.10. The number of rotatable bonds is 1. The van der Waals surface area contributed by atoms with Crippen molar-refractivity contribution in [3.63, 3.8) is 0 Å². The number of benzene rings is 2. The van der Waals surface area contributed by atoms with Crippen LogP contribution in [0.4, 0.5) is 5.82 Å². The maximum Gasteiger partial charge on any atom is 0.317 e. The van der Waals surface area contributed by atoms with Gasteiger partial charge in [-0.05, 0) is 33.6 Å². The maximum atomic E-state index is 13.0. The molecule has 0 aliphatic carbocycles. The first-order chi connectivity index (χ1) is 12.7. The summed E-state index contributed by atoms with van der Waals surface area (Å²) >= 11 is 3.51. The topological polar surface area (TPSA) is 51.2 Å². The van der Waals surface area contributed by atoms with Gasteiger partial charge >= 0.3 is 5.97 Å². The lowest BCUT2D eigenvalue weighted by atomic mass is 9.72. The lowest BCUT2D eigenvalue weighted by molar-refractivity contribution is -0.141. The Morgan fingerprint density at radius 2 is 1.77 bits per heavy atom. The molecule has 0 fully saturated rings. The van der Waals surface area contributed by atoms with Gasteiger partial charge in [0, 0.05) is 27.7 Å². The van der Waals surface area contributed by atoms with E-state index >= 15 is 0 Å². The number of halogens is 1. The molecule has 2 aliphatic heterocycles. The maximum absolute atomic E-state index is 13.0. The Hall–Kier alpha value is -2.66. The van der Waals surface area contributed by atoms with E-state index in [1.165, 1.54) is 0 Å². The molecule has 5 heteroatoms. The van der Waals surface area contributed by atoms with Crippen LogP contribution in [0.25, 0.3) is 0 Å². The second kappa shape index (κ2) is 5.95. The molecule has 3 heterocycles. The summed E-state index contributed by atoms with van der Waals surface area (Å²) in [4.78, 5) is 17.5. The Balaban J connectivity index is 1.75. The predicted octanol–water partition coefficient (Wildman–Crippen LogP) is 4.68. The van der Waals surface area contributed by atoms with Gasteiger partial charge in [0.25, 0.3) is 0 Å². The van der Waals surface area contributed by atoms with Crippen LogP contribution in [-0.2, 0) is 4.79 Å². The van der Waals surface area contributed by atoms with Crippen LogP contribution in [0, 0.1) is 5.92 Å². The molecule has 5 rings (SSSR count). The third-order valence-electron chi connectivity index (χ3n) is 5.12. The van der Waals surface area contributed by atoms with Crippen LogP contribution in [0.15, 0.2) is 71.3 Å². The fraction of sp³-hybridized carbons (Fsp3) is 0.143. The number of carbonyl (C=O) groups is 1. The van der Waals surface area contributed by atoms with Crippen molar-refractivity contribution in [3.8, 4) is 5.75 Å². The number of ether oxygens (including phenoxy) is 1. The van der Waals surface area contributed by atoms with Gasteiger partial charge in [-0.25, -0.2) is 4.98 Å². The van der Waals surface area contributed by atoms with Gasteiger partial charge < -0.3 is 10.1 Å². The summed E-state index contributed by atoms with van der Waals surface area (Å²) in [5.41, 5.74) is 3.08. The highest BCUT2D eigenvalue weighted by atomic mass is 79.9. The number of nitrogens with one attached hydrogen (secondary N) is 1. The Morgan fingerprint density at radius 1 is 1.00 bits per heavy atom. The average Bonchev–Trinajstić information content (AvgIpc) is 2.67. The highest BCUT2D eigenvalue weighted by Crippen LogP contribution is 2.51. The molecule has 1 N–H and O–H groups in total. The molecule has 0 amide bonds. The zero-order chi connectivity index (χ0) is 17.7. The minimum atomic E-state index is -0.351. The number of aromatic nitrogens is 1. The number of para-hydroxylation sites is 1. The summed E-state index contributed by atoms with van der Waals surface area (Å²) in [5.74, 6) is 0.756. The number of pyridine rings is 1. The molecule has 0 radical (unpaired) electrons. The van der Waals surface area contributed by atoms with Crippen LogP contribution in [-0.4, -0.2) is 11.0 Å². The lowest BCUT2D eigenvalue weighted by Gasteiger charge is -2.42. The van der Waals surface area contributed by atoms with Crippen molar-refractivity contribution < 1.29 is 9.53 Å². The van der Waals surface area contributed by atoms with Crippen LogP contribution in [0.1, 0.15) is 28.7 Å². The fourth-order valence-electron chi connectivity index (χ4n) is 4.03. The van der Waals surface area contributed by atoms with E-state index in [1.807, 2.05) is 48.5 Å². The van der Waals surface area contributed by atoms with E-state index in [9.17, 15) is 4.79 Å². The third kappa shape index (κ3) is 2.35. The number of esters is 1. The molecule has 2 aromatic carbocycles. The van der Waals surface area contributed by atoms with Crippen molar-refractivity contribution in [2.45, 2.75) is 12.0 Å². The lowest BCUT2D eigenvalue weighted by Crippen LogP contribution is -2.42. The predicted molar refractivity (Wildman–Crippen MR) is 102 cm³/mol. The fourth-order valence-corrected chi connectivity index (χ4v) is 4.38.